The van der Waals surface area contributed by atoms with Gasteiger partial charge in [-0.3, -0.25) is 4.98 Å². The molecule has 2 rings (SSSR count). The zero-order valence-electron chi connectivity index (χ0n) is 8.36. The van der Waals surface area contributed by atoms with E-state index in [1.165, 1.54) is 0 Å². The summed E-state index contributed by atoms with van der Waals surface area (Å²) in [5.41, 5.74) is 1.92. The van der Waals surface area contributed by atoms with Gasteiger partial charge < -0.3 is 5.11 Å². The summed E-state index contributed by atoms with van der Waals surface area (Å²) in [7, 11) is 0. The molecule has 0 aliphatic rings. The SMILES string of the molecule is CC(C)c1ccc2c(O)cccc2n1. The quantitative estimate of drug-likeness (QED) is 0.744. The van der Waals surface area contributed by atoms with Crippen LogP contribution in [-0.2, 0) is 0 Å². The van der Waals surface area contributed by atoms with Crippen molar-refractivity contribution in [3.63, 3.8) is 0 Å². The Morgan fingerprint density at radius 1 is 1.14 bits per heavy atom. The van der Waals surface area contributed by atoms with E-state index >= 15 is 0 Å². The molecule has 2 heteroatoms. The fourth-order valence-electron chi connectivity index (χ4n) is 1.48. The average Bonchev–Trinajstić information content (AvgIpc) is 2.17. The minimum absolute atomic E-state index is 0.297. The molecular weight excluding hydrogens is 174 g/mol. The summed E-state index contributed by atoms with van der Waals surface area (Å²) in [5, 5.41) is 10.4. The fourth-order valence-corrected chi connectivity index (χ4v) is 1.48. The highest BCUT2D eigenvalue weighted by Crippen LogP contribution is 2.24. The second kappa shape index (κ2) is 3.29. The van der Waals surface area contributed by atoms with Gasteiger partial charge in [0.25, 0.3) is 0 Å². The number of fused-ring (bicyclic) bond motifs is 1. The van der Waals surface area contributed by atoms with Gasteiger partial charge in [0.1, 0.15) is 5.75 Å². The summed E-state index contributed by atoms with van der Waals surface area (Å²) in [6.45, 7) is 4.22. The average molecular weight is 187 g/mol. The molecule has 0 spiro atoms. The Hall–Kier alpha value is -1.57. The molecule has 72 valence electrons. The van der Waals surface area contributed by atoms with Crippen LogP contribution in [0, 0.1) is 0 Å². The van der Waals surface area contributed by atoms with Crippen molar-refractivity contribution in [2.24, 2.45) is 0 Å². The number of phenols is 1. The van der Waals surface area contributed by atoms with Crippen LogP contribution in [0.1, 0.15) is 25.5 Å². The number of benzene rings is 1. The van der Waals surface area contributed by atoms with Gasteiger partial charge in [-0.1, -0.05) is 19.9 Å². The van der Waals surface area contributed by atoms with Gasteiger partial charge in [-0.05, 0) is 30.2 Å². The summed E-state index contributed by atoms with van der Waals surface area (Å²) in [4.78, 5) is 4.48. The predicted octanol–water partition coefficient (Wildman–Crippen LogP) is 3.06. The van der Waals surface area contributed by atoms with Crippen LogP contribution in [0.15, 0.2) is 30.3 Å². The van der Waals surface area contributed by atoms with E-state index in [0.29, 0.717) is 11.7 Å². The topological polar surface area (TPSA) is 33.1 Å². The second-order valence-electron chi connectivity index (χ2n) is 3.73. The zero-order chi connectivity index (χ0) is 10.1. The van der Waals surface area contributed by atoms with E-state index in [1.807, 2.05) is 24.3 Å². The third-order valence-electron chi connectivity index (χ3n) is 2.32. The minimum Gasteiger partial charge on any atom is -0.507 e. The van der Waals surface area contributed by atoms with Gasteiger partial charge in [0.15, 0.2) is 0 Å². The third-order valence-corrected chi connectivity index (χ3v) is 2.32. The van der Waals surface area contributed by atoms with Gasteiger partial charge in [0.05, 0.1) is 5.52 Å². The molecule has 0 unspecified atom stereocenters. The zero-order valence-corrected chi connectivity index (χ0v) is 8.36. The maximum atomic E-state index is 9.56. The van der Waals surface area contributed by atoms with E-state index in [-0.39, 0.29) is 0 Å². The third kappa shape index (κ3) is 1.43. The van der Waals surface area contributed by atoms with Crippen molar-refractivity contribution < 1.29 is 5.11 Å². The lowest BCUT2D eigenvalue weighted by Gasteiger charge is -2.06. The lowest BCUT2D eigenvalue weighted by Crippen LogP contribution is -1.92. The van der Waals surface area contributed by atoms with Crippen molar-refractivity contribution >= 4 is 10.9 Å². The Morgan fingerprint density at radius 2 is 1.93 bits per heavy atom. The number of hydrogen-bond donors (Lipinski definition) is 1. The molecule has 1 N–H and O–H groups in total. The molecule has 14 heavy (non-hydrogen) atoms. The van der Waals surface area contributed by atoms with E-state index < -0.39 is 0 Å². The molecule has 0 bridgehead atoms. The summed E-state index contributed by atoms with van der Waals surface area (Å²) in [6.07, 6.45) is 0. The molecule has 1 aromatic heterocycles. The van der Waals surface area contributed by atoms with Crippen LogP contribution < -0.4 is 0 Å². The Morgan fingerprint density at radius 3 is 2.64 bits per heavy atom. The molecule has 1 aromatic carbocycles. The first-order chi connectivity index (χ1) is 6.68. The van der Waals surface area contributed by atoms with Crippen LogP contribution >= 0.6 is 0 Å². The molecule has 0 aliphatic heterocycles. The Labute approximate surface area is 83.2 Å². The standard InChI is InChI=1S/C12H13NO/c1-8(2)10-7-6-9-11(13-10)4-3-5-12(9)14/h3-8,14H,1-2H3. The van der Waals surface area contributed by atoms with Gasteiger partial charge >= 0.3 is 0 Å². The molecule has 0 aliphatic carbocycles. The normalized spacial score (nSPS) is 11.1. The monoisotopic (exact) mass is 187 g/mol. The second-order valence-corrected chi connectivity index (χ2v) is 3.73. The number of nitrogens with zero attached hydrogens (tertiary/aromatic N) is 1. The first kappa shape index (κ1) is 9.00. The van der Waals surface area contributed by atoms with Gasteiger partial charge in [0.2, 0.25) is 0 Å². The van der Waals surface area contributed by atoms with Crippen molar-refractivity contribution in [3.8, 4) is 5.75 Å². The smallest absolute Gasteiger partial charge is 0.124 e. The van der Waals surface area contributed by atoms with Crippen molar-refractivity contribution in [1.29, 1.82) is 0 Å². The fraction of sp³-hybridized carbons (Fsp3) is 0.250. The Kier molecular flexibility index (Phi) is 2.12. The first-order valence-corrected chi connectivity index (χ1v) is 4.77. The van der Waals surface area contributed by atoms with Gasteiger partial charge in [0, 0.05) is 11.1 Å². The number of rotatable bonds is 1. The van der Waals surface area contributed by atoms with Crippen molar-refractivity contribution in [2.45, 2.75) is 19.8 Å². The van der Waals surface area contributed by atoms with Crippen LogP contribution in [0.3, 0.4) is 0 Å². The molecule has 0 saturated carbocycles. The molecule has 0 fully saturated rings. The van der Waals surface area contributed by atoms with E-state index in [9.17, 15) is 5.11 Å². The van der Waals surface area contributed by atoms with Crippen LogP contribution in [-0.4, -0.2) is 10.1 Å². The van der Waals surface area contributed by atoms with Gasteiger partial charge in [-0.15, -0.1) is 0 Å². The minimum atomic E-state index is 0.297. The van der Waals surface area contributed by atoms with E-state index in [0.717, 1.165) is 16.6 Å². The largest absolute Gasteiger partial charge is 0.507 e. The molecule has 0 atom stereocenters. The molecule has 0 saturated heterocycles. The summed E-state index contributed by atoms with van der Waals surface area (Å²) < 4.78 is 0. The van der Waals surface area contributed by atoms with Crippen LogP contribution in [0.2, 0.25) is 0 Å². The summed E-state index contributed by atoms with van der Waals surface area (Å²) >= 11 is 0. The van der Waals surface area contributed by atoms with Crippen molar-refractivity contribution in [2.75, 3.05) is 0 Å². The molecular formula is C12H13NO. The Bertz CT molecular complexity index is 463. The lowest BCUT2D eigenvalue weighted by atomic mass is 10.1. The van der Waals surface area contributed by atoms with Crippen molar-refractivity contribution in [1.82, 2.24) is 4.98 Å². The lowest BCUT2D eigenvalue weighted by molar-refractivity contribution is 0.481. The number of aromatic nitrogens is 1. The van der Waals surface area contributed by atoms with Crippen LogP contribution in [0.4, 0.5) is 0 Å². The van der Waals surface area contributed by atoms with E-state index in [2.05, 4.69) is 18.8 Å². The molecule has 1 heterocycles. The van der Waals surface area contributed by atoms with Gasteiger partial charge in [-0.25, -0.2) is 0 Å². The van der Waals surface area contributed by atoms with Crippen molar-refractivity contribution in [3.05, 3.63) is 36.0 Å². The highest BCUT2D eigenvalue weighted by Gasteiger charge is 2.04. The molecule has 0 amide bonds. The number of phenolic OH excluding ortho intramolecular Hbond substituents is 1. The molecule has 2 aromatic rings. The summed E-state index contributed by atoms with van der Waals surface area (Å²) in [5.74, 6) is 0.715. The number of pyridine rings is 1. The highest BCUT2D eigenvalue weighted by atomic mass is 16.3. The van der Waals surface area contributed by atoms with E-state index in [4.69, 9.17) is 0 Å². The summed E-state index contributed by atoms with van der Waals surface area (Å²) in [6, 6.07) is 9.30. The molecule has 2 nitrogen and oxygen atoms in total. The predicted molar refractivity (Wildman–Crippen MR) is 57.5 cm³/mol. The maximum Gasteiger partial charge on any atom is 0.124 e. The van der Waals surface area contributed by atoms with E-state index in [1.54, 1.807) is 6.07 Å². The first-order valence-electron chi connectivity index (χ1n) is 4.77. The highest BCUT2D eigenvalue weighted by molar-refractivity contribution is 5.84. The van der Waals surface area contributed by atoms with Crippen LogP contribution in [0.25, 0.3) is 10.9 Å². The maximum absolute atomic E-state index is 9.56. The number of aromatic hydroxyl groups is 1. The van der Waals surface area contributed by atoms with Crippen LogP contribution in [0.5, 0.6) is 5.75 Å². The van der Waals surface area contributed by atoms with Gasteiger partial charge in [-0.2, -0.15) is 0 Å². The Balaban J connectivity index is 2.67. The molecule has 0 radical (unpaired) electrons. The number of hydrogen-bond acceptors (Lipinski definition) is 2.